The van der Waals surface area contributed by atoms with Crippen LogP contribution in [-0.4, -0.2) is 48.8 Å². The molecule has 6 nitrogen and oxygen atoms in total. The summed E-state index contributed by atoms with van der Waals surface area (Å²) in [5.41, 5.74) is 0.247. The monoisotopic (exact) mass is 330 g/mol. The third kappa shape index (κ3) is 3.33. The van der Waals surface area contributed by atoms with Crippen LogP contribution in [0.25, 0.3) is 0 Å². The van der Waals surface area contributed by atoms with Crippen molar-refractivity contribution >= 4 is 11.8 Å². The van der Waals surface area contributed by atoms with Crippen molar-refractivity contribution in [3.8, 4) is 11.5 Å². The molecule has 124 valence electrons. The second kappa shape index (κ2) is 5.64. The van der Waals surface area contributed by atoms with Crippen LogP contribution in [0.15, 0.2) is 18.2 Å². The standard InChI is InChI=1S/C14H13F3N2O4/c15-14(16,17)6-19-4-3-9(13(19)21)18-12(20)8-1-2-10-11(5-8)23-7-22-10/h1-2,5,9H,3-4,6-7H2,(H,18,20)/t9-/m0/s1. The van der Waals surface area contributed by atoms with Crippen LogP contribution in [0, 0.1) is 0 Å². The molecule has 1 saturated heterocycles. The summed E-state index contributed by atoms with van der Waals surface area (Å²) in [6, 6.07) is 3.57. The van der Waals surface area contributed by atoms with Gasteiger partial charge in [-0.3, -0.25) is 9.59 Å². The molecule has 1 atom stereocenters. The number of nitrogens with zero attached hydrogens (tertiary/aromatic N) is 1. The van der Waals surface area contributed by atoms with Gasteiger partial charge >= 0.3 is 6.18 Å². The molecule has 0 saturated carbocycles. The van der Waals surface area contributed by atoms with Gasteiger partial charge in [0, 0.05) is 12.1 Å². The Bertz CT molecular complexity index is 647. The predicted molar refractivity (Wildman–Crippen MR) is 71.1 cm³/mol. The Balaban J connectivity index is 1.63. The molecule has 2 aliphatic rings. The van der Waals surface area contributed by atoms with Crippen LogP contribution >= 0.6 is 0 Å². The van der Waals surface area contributed by atoms with Gasteiger partial charge in [0.25, 0.3) is 5.91 Å². The van der Waals surface area contributed by atoms with Crippen LogP contribution in [0.3, 0.4) is 0 Å². The van der Waals surface area contributed by atoms with Crippen molar-refractivity contribution in [1.82, 2.24) is 10.2 Å². The molecular formula is C14H13F3N2O4. The van der Waals surface area contributed by atoms with E-state index in [4.69, 9.17) is 9.47 Å². The van der Waals surface area contributed by atoms with Crippen molar-refractivity contribution in [2.75, 3.05) is 19.9 Å². The summed E-state index contributed by atoms with van der Waals surface area (Å²) in [5, 5.41) is 2.46. The summed E-state index contributed by atoms with van der Waals surface area (Å²) >= 11 is 0. The van der Waals surface area contributed by atoms with Crippen molar-refractivity contribution in [2.24, 2.45) is 0 Å². The van der Waals surface area contributed by atoms with Gasteiger partial charge in [-0.15, -0.1) is 0 Å². The smallest absolute Gasteiger partial charge is 0.406 e. The second-order valence-corrected chi connectivity index (χ2v) is 5.26. The highest BCUT2D eigenvalue weighted by Crippen LogP contribution is 2.32. The first kappa shape index (κ1) is 15.4. The minimum atomic E-state index is -4.45. The van der Waals surface area contributed by atoms with E-state index < -0.39 is 30.6 Å². The van der Waals surface area contributed by atoms with Gasteiger partial charge < -0.3 is 19.7 Å². The fraction of sp³-hybridized carbons (Fsp3) is 0.429. The fourth-order valence-corrected chi connectivity index (χ4v) is 2.53. The number of halogens is 3. The fourth-order valence-electron chi connectivity index (χ4n) is 2.53. The molecule has 1 N–H and O–H groups in total. The zero-order valence-electron chi connectivity index (χ0n) is 11.9. The number of carbonyl (C=O) groups is 2. The number of carbonyl (C=O) groups excluding carboxylic acids is 2. The molecule has 0 unspecified atom stereocenters. The summed E-state index contributed by atoms with van der Waals surface area (Å²) < 4.78 is 47.3. The van der Waals surface area contributed by atoms with E-state index in [-0.39, 0.29) is 25.3 Å². The quantitative estimate of drug-likeness (QED) is 0.907. The van der Waals surface area contributed by atoms with Crippen molar-refractivity contribution < 1.29 is 32.2 Å². The number of nitrogens with one attached hydrogen (secondary N) is 1. The van der Waals surface area contributed by atoms with Gasteiger partial charge in [-0.25, -0.2) is 0 Å². The number of benzene rings is 1. The molecule has 3 rings (SSSR count). The molecule has 0 radical (unpaired) electrons. The van der Waals surface area contributed by atoms with E-state index in [1.54, 1.807) is 6.07 Å². The first-order valence-electron chi connectivity index (χ1n) is 6.89. The average molecular weight is 330 g/mol. The third-order valence-corrected chi connectivity index (χ3v) is 3.61. The molecule has 1 aromatic rings. The lowest BCUT2D eigenvalue weighted by Gasteiger charge is -2.18. The van der Waals surface area contributed by atoms with Crippen LogP contribution in [0.2, 0.25) is 0 Å². The van der Waals surface area contributed by atoms with Gasteiger partial charge in [-0.2, -0.15) is 13.2 Å². The maximum absolute atomic E-state index is 12.4. The molecule has 9 heteroatoms. The molecule has 2 amide bonds. The Labute approximate surface area is 129 Å². The minimum Gasteiger partial charge on any atom is -0.454 e. The topological polar surface area (TPSA) is 67.9 Å². The summed E-state index contributed by atoms with van der Waals surface area (Å²) in [6.45, 7) is -1.28. The SMILES string of the molecule is O=C(N[C@H]1CCN(CC(F)(F)F)C1=O)c1ccc2c(c1)OCO2. The summed E-state index contributed by atoms with van der Waals surface area (Å²) in [6.07, 6.45) is -4.31. The van der Waals surface area contributed by atoms with Crippen LogP contribution in [-0.2, 0) is 4.79 Å². The van der Waals surface area contributed by atoms with E-state index in [1.165, 1.54) is 12.1 Å². The number of fused-ring (bicyclic) bond motifs is 1. The highest BCUT2D eigenvalue weighted by Gasteiger charge is 2.39. The van der Waals surface area contributed by atoms with Crippen LogP contribution in [0.4, 0.5) is 13.2 Å². The average Bonchev–Trinajstić information content (AvgIpc) is 3.06. The Hall–Kier alpha value is -2.45. The number of amides is 2. The molecule has 23 heavy (non-hydrogen) atoms. The number of rotatable bonds is 3. The Morgan fingerprint density at radius 2 is 2.04 bits per heavy atom. The Morgan fingerprint density at radius 1 is 1.30 bits per heavy atom. The molecule has 2 aliphatic heterocycles. The van der Waals surface area contributed by atoms with Crippen molar-refractivity contribution in [3.05, 3.63) is 23.8 Å². The summed E-state index contributed by atoms with van der Waals surface area (Å²) in [5.74, 6) is -0.351. The van der Waals surface area contributed by atoms with Gasteiger partial charge in [-0.1, -0.05) is 0 Å². The van der Waals surface area contributed by atoms with Gasteiger partial charge in [0.2, 0.25) is 12.7 Å². The maximum Gasteiger partial charge on any atom is 0.406 e. The van der Waals surface area contributed by atoms with Crippen molar-refractivity contribution in [2.45, 2.75) is 18.6 Å². The highest BCUT2D eigenvalue weighted by atomic mass is 19.4. The lowest BCUT2D eigenvalue weighted by atomic mass is 10.1. The van der Waals surface area contributed by atoms with Crippen LogP contribution < -0.4 is 14.8 Å². The molecular weight excluding hydrogens is 317 g/mol. The largest absolute Gasteiger partial charge is 0.454 e. The Morgan fingerprint density at radius 3 is 2.78 bits per heavy atom. The third-order valence-electron chi connectivity index (χ3n) is 3.61. The van der Waals surface area contributed by atoms with Crippen LogP contribution in [0.5, 0.6) is 11.5 Å². The molecule has 0 aliphatic carbocycles. The maximum atomic E-state index is 12.4. The van der Waals surface area contributed by atoms with Gasteiger partial charge in [0.05, 0.1) is 0 Å². The molecule has 1 aromatic carbocycles. The van der Waals surface area contributed by atoms with Gasteiger partial charge in [0.1, 0.15) is 12.6 Å². The van der Waals surface area contributed by atoms with Gasteiger partial charge in [0.15, 0.2) is 11.5 Å². The van der Waals surface area contributed by atoms with Gasteiger partial charge in [-0.05, 0) is 24.6 Å². The van der Waals surface area contributed by atoms with E-state index >= 15 is 0 Å². The number of ether oxygens (including phenoxy) is 2. The summed E-state index contributed by atoms with van der Waals surface area (Å²) in [4.78, 5) is 24.7. The van der Waals surface area contributed by atoms with E-state index in [0.29, 0.717) is 16.4 Å². The van der Waals surface area contributed by atoms with E-state index in [1.807, 2.05) is 0 Å². The van der Waals surface area contributed by atoms with Crippen molar-refractivity contribution in [3.63, 3.8) is 0 Å². The number of hydrogen-bond donors (Lipinski definition) is 1. The van der Waals surface area contributed by atoms with Crippen LogP contribution in [0.1, 0.15) is 16.8 Å². The molecule has 0 aromatic heterocycles. The normalized spacial score (nSPS) is 20.0. The molecule has 2 heterocycles. The number of likely N-dealkylation sites (tertiary alicyclic amines) is 1. The van der Waals surface area contributed by atoms with E-state index in [2.05, 4.69) is 5.32 Å². The zero-order valence-corrected chi connectivity index (χ0v) is 11.9. The number of hydrogen-bond acceptors (Lipinski definition) is 4. The Kier molecular flexibility index (Phi) is 3.78. The zero-order chi connectivity index (χ0) is 16.6. The first-order valence-corrected chi connectivity index (χ1v) is 6.89. The molecule has 0 bridgehead atoms. The lowest BCUT2D eigenvalue weighted by molar-refractivity contribution is -0.157. The number of alkyl halides is 3. The molecule has 0 spiro atoms. The lowest BCUT2D eigenvalue weighted by Crippen LogP contribution is -2.43. The second-order valence-electron chi connectivity index (χ2n) is 5.26. The van der Waals surface area contributed by atoms with E-state index in [9.17, 15) is 22.8 Å². The van der Waals surface area contributed by atoms with Crippen molar-refractivity contribution in [1.29, 1.82) is 0 Å². The minimum absolute atomic E-state index is 0.0373. The molecule has 1 fully saturated rings. The predicted octanol–water partition coefficient (Wildman–Crippen LogP) is 1.31. The first-order chi connectivity index (χ1) is 10.8. The highest BCUT2D eigenvalue weighted by molar-refractivity contribution is 5.98. The van der Waals surface area contributed by atoms with E-state index in [0.717, 1.165) is 0 Å². The summed E-state index contributed by atoms with van der Waals surface area (Å²) in [7, 11) is 0.